The highest BCUT2D eigenvalue weighted by atomic mass is 16.5. The number of nitriles is 1. The number of rotatable bonds is 5. The van der Waals surface area contributed by atoms with Crippen molar-refractivity contribution in [3.63, 3.8) is 0 Å². The first kappa shape index (κ1) is 15.8. The average Bonchev–Trinajstić information content (AvgIpc) is 2.48. The zero-order valence-corrected chi connectivity index (χ0v) is 13.3. The molecule has 1 aliphatic heterocycles. The highest BCUT2D eigenvalue weighted by molar-refractivity contribution is 5.42. The van der Waals surface area contributed by atoms with Crippen LogP contribution in [0.1, 0.15) is 25.0 Å². The summed E-state index contributed by atoms with van der Waals surface area (Å²) in [7, 11) is 1.69. The molecule has 0 unspecified atom stereocenters. The molecular formula is C17H25N3O. The van der Waals surface area contributed by atoms with E-state index in [0.29, 0.717) is 5.56 Å². The minimum atomic E-state index is 0.698. The van der Waals surface area contributed by atoms with Crippen LogP contribution in [0.3, 0.4) is 0 Å². The van der Waals surface area contributed by atoms with E-state index in [-0.39, 0.29) is 0 Å². The molecule has 1 saturated heterocycles. The van der Waals surface area contributed by atoms with Gasteiger partial charge in [0.2, 0.25) is 0 Å². The smallest absolute Gasteiger partial charge is 0.123 e. The molecule has 0 spiro atoms. The molecule has 1 aromatic rings. The third-order valence-corrected chi connectivity index (χ3v) is 3.89. The van der Waals surface area contributed by atoms with Gasteiger partial charge in [0, 0.05) is 44.8 Å². The molecule has 4 nitrogen and oxygen atoms in total. The lowest BCUT2D eigenvalue weighted by Gasteiger charge is -2.35. The van der Waals surface area contributed by atoms with E-state index < -0.39 is 0 Å². The lowest BCUT2D eigenvalue weighted by atomic mass is 10.1. The Balaban J connectivity index is 1.95. The Bertz CT molecular complexity index is 499. The molecule has 1 heterocycles. The third kappa shape index (κ3) is 4.45. The second kappa shape index (κ2) is 7.44. The number of nitrogens with zero attached hydrogens (tertiary/aromatic N) is 3. The van der Waals surface area contributed by atoms with Crippen LogP contribution in [0.15, 0.2) is 18.2 Å². The zero-order valence-electron chi connectivity index (χ0n) is 13.3. The second-order valence-corrected chi connectivity index (χ2v) is 6.11. The summed E-state index contributed by atoms with van der Waals surface area (Å²) >= 11 is 0. The third-order valence-electron chi connectivity index (χ3n) is 3.89. The minimum absolute atomic E-state index is 0.698. The molecule has 0 saturated carbocycles. The molecule has 0 N–H and O–H groups in total. The van der Waals surface area contributed by atoms with Crippen molar-refractivity contribution < 1.29 is 4.74 Å². The molecule has 0 bridgehead atoms. The van der Waals surface area contributed by atoms with Crippen LogP contribution in [0, 0.1) is 17.2 Å². The van der Waals surface area contributed by atoms with Gasteiger partial charge in [-0.1, -0.05) is 13.8 Å². The van der Waals surface area contributed by atoms with Gasteiger partial charge in [0.05, 0.1) is 18.7 Å². The fourth-order valence-electron chi connectivity index (χ4n) is 2.86. The molecular weight excluding hydrogens is 262 g/mol. The van der Waals surface area contributed by atoms with Crippen LogP contribution in [0.4, 0.5) is 0 Å². The van der Waals surface area contributed by atoms with Crippen LogP contribution in [-0.2, 0) is 6.54 Å². The van der Waals surface area contributed by atoms with Crippen LogP contribution in [0.5, 0.6) is 5.75 Å². The Morgan fingerprint density at radius 1 is 1.19 bits per heavy atom. The first-order valence-corrected chi connectivity index (χ1v) is 7.64. The van der Waals surface area contributed by atoms with Gasteiger partial charge in [0.15, 0.2) is 0 Å². The summed E-state index contributed by atoms with van der Waals surface area (Å²) in [4.78, 5) is 4.97. The van der Waals surface area contributed by atoms with Gasteiger partial charge in [-0.05, 0) is 24.1 Å². The van der Waals surface area contributed by atoms with E-state index in [1.165, 1.54) is 6.54 Å². The Morgan fingerprint density at radius 2 is 1.86 bits per heavy atom. The molecule has 1 aromatic carbocycles. The van der Waals surface area contributed by atoms with Crippen LogP contribution >= 0.6 is 0 Å². The molecule has 0 aromatic heterocycles. The lowest BCUT2D eigenvalue weighted by Crippen LogP contribution is -2.46. The number of hydrogen-bond donors (Lipinski definition) is 0. The van der Waals surface area contributed by atoms with E-state index in [1.807, 2.05) is 18.2 Å². The summed E-state index contributed by atoms with van der Waals surface area (Å²) < 4.78 is 5.41. The van der Waals surface area contributed by atoms with E-state index in [0.717, 1.165) is 50.0 Å². The first-order valence-electron chi connectivity index (χ1n) is 7.64. The molecule has 2 rings (SSSR count). The summed E-state index contributed by atoms with van der Waals surface area (Å²) in [6, 6.07) is 7.85. The topological polar surface area (TPSA) is 39.5 Å². The largest absolute Gasteiger partial charge is 0.496 e. The highest BCUT2D eigenvalue weighted by Crippen LogP contribution is 2.22. The van der Waals surface area contributed by atoms with Crippen molar-refractivity contribution in [1.82, 2.24) is 9.80 Å². The Morgan fingerprint density at radius 3 is 2.43 bits per heavy atom. The van der Waals surface area contributed by atoms with Crippen LogP contribution in [0.2, 0.25) is 0 Å². The molecule has 0 radical (unpaired) electrons. The average molecular weight is 287 g/mol. The summed E-state index contributed by atoms with van der Waals surface area (Å²) in [6.07, 6.45) is 0. The van der Waals surface area contributed by atoms with Crippen LogP contribution < -0.4 is 4.74 Å². The number of piperazine rings is 1. The van der Waals surface area contributed by atoms with E-state index in [4.69, 9.17) is 10.00 Å². The Kier molecular flexibility index (Phi) is 5.60. The zero-order chi connectivity index (χ0) is 15.2. The molecule has 1 aliphatic rings. The van der Waals surface area contributed by atoms with Crippen molar-refractivity contribution in [3.05, 3.63) is 29.3 Å². The Labute approximate surface area is 127 Å². The highest BCUT2D eigenvalue weighted by Gasteiger charge is 2.18. The van der Waals surface area contributed by atoms with Gasteiger partial charge in [0.1, 0.15) is 5.75 Å². The van der Waals surface area contributed by atoms with Crippen LogP contribution in [-0.4, -0.2) is 49.6 Å². The van der Waals surface area contributed by atoms with Gasteiger partial charge in [-0.3, -0.25) is 4.90 Å². The summed E-state index contributed by atoms with van der Waals surface area (Å²) in [5.41, 5.74) is 1.80. The second-order valence-electron chi connectivity index (χ2n) is 6.11. The minimum Gasteiger partial charge on any atom is -0.496 e. The number of hydrogen-bond acceptors (Lipinski definition) is 4. The van der Waals surface area contributed by atoms with E-state index >= 15 is 0 Å². The van der Waals surface area contributed by atoms with Gasteiger partial charge in [-0.25, -0.2) is 0 Å². The van der Waals surface area contributed by atoms with E-state index in [9.17, 15) is 0 Å². The lowest BCUT2D eigenvalue weighted by molar-refractivity contribution is 0.117. The Hall–Kier alpha value is -1.57. The quantitative estimate of drug-likeness (QED) is 0.833. The molecule has 21 heavy (non-hydrogen) atoms. The summed E-state index contributed by atoms with van der Waals surface area (Å²) in [5, 5.41) is 9.04. The standard InChI is InChI=1S/C17H25N3O/c1-14(2)12-19-6-8-20(9-7-19)13-16-10-15(11-18)4-5-17(16)21-3/h4-5,10,14H,6-9,12-13H2,1-3H3. The van der Waals surface area contributed by atoms with Crippen molar-refractivity contribution in [1.29, 1.82) is 5.26 Å². The van der Waals surface area contributed by atoms with E-state index in [1.54, 1.807) is 7.11 Å². The van der Waals surface area contributed by atoms with Gasteiger partial charge < -0.3 is 9.64 Å². The molecule has 0 aliphatic carbocycles. The fraction of sp³-hybridized carbons (Fsp3) is 0.588. The maximum absolute atomic E-state index is 9.04. The maximum Gasteiger partial charge on any atom is 0.123 e. The summed E-state index contributed by atoms with van der Waals surface area (Å²) in [5.74, 6) is 1.60. The molecule has 0 amide bonds. The van der Waals surface area contributed by atoms with Gasteiger partial charge in [-0.2, -0.15) is 5.26 Å². The predicted octanol–water partition coefficient (Wildman–Crippen LogP) is 2.34. The van der Waals surface area contributed by atoms with E-state index in [2.05, 4.69) is 29.7 Å². The van der Waals surface area contributed by atoms with Crippen molar-refractivity contribution in [2.45, 2.75) is 20.4 Å². The normalized spacial score (nSPS) is 16.9. The van der Waals surface area contributed by atoms with Crippen molar-refractivity contribution in [3.8, 4) is 11.8 Å². The van der Waals surface area contributed by atoms with Gasteiger partial charge >= 0.3 is 0 Å². The van der Waals surface area contributed by atoms with Crippen molar-refractivity contribution in [2.75, 3.05) is 39.8 Å². The van der Waals surface area contributed by atoms with Crippen LogP contribution in [0.25, 0.3) is 0 Å². The monoisotopic (exact) mass is 287 g/mol. The number of ether oxygens (including phenoxy) is 1. The van der Waals surface area contributed by atoms with Gasteiger partial charge in [0.25, 0.3) is 0 Å². The SMILES string of the molecule is COc1ccc(C#N)cc1CN1CCN(CC(C)C)CC1. The molecule has 0 atom stereocenters. The van der Waals surface area contributed by atoms with Gasteiger partial charge in [-0.15, -0.1) is 0 Å². The van der Waals surface area contributed by atoms with Crippen molar-refractivity contribution in [2.24, 2.45) is 5.92 Å². The first-order chi connectivity index (χ1) is 10.1. The van der Waals surface area contributed by atoms with Crippen molar-refractivity contribution >= 4 is 0 Å². The molecule has 4 heteroatoms. The number of methoxy groups -OCH3 is 1. The summed E-state index contributed by atoms with van der Waals surface area (Å²) in [6.45, 7) is 11.0. The predicted molar refractivity (Wildman–Crippen MR) is 84.3 cm³/mol. The number of benzene rings is 1. The molecule has 114 valence electrons. The maximum atomic E-state index is 9.04. The fourth-order valence-corrected chi connectivity index (χ4v) is 2.86. The molecule has 1 fully saturated rings.